The maximum atomic E-state index is 14.6. The number of halogens is 2. The number of benzene rings is 1. The molecular formula is C20H16F2N6O3. The summed E-state index contributed by atoms with van der Waals surface area (Å²) < 4.78 is 34.2. The topological polar surface area (TPSA) is 114 Å². The molecule has 0 spiro atoms. The van der Waals surface area contributed by atoms with Crippen molar-refractivity contribution in [2.24, 2.45) is 5.92 Å². The van der Waals surface area contributed by atoms with Crippen LogP contribution in [-0.4, -0.2) is 45.1 Å². The van der Waals surface area contributed by atoms with Gasteiger partial charge in [0.25, 0.3) is 11.8 Å². The largest absolute Gasteiger partial charge is 0.411 e. The molecule has 1 aliphatic heterocycles. The molecule has 31 heavy (non-hydrogen) atoms. The minimum atomic E-state index is -3.56. The van der Waals surface area contributed by atoms with E-state index in [2.05, 4.69) is 25.5 Å². The first-order chi connectivity index (χ1) is 14.9. The molecule has 5 rings (SSSR count). The van der Waals surface area contributed by atoms with E-state index in [1.54, 1.807) is 19.3 Å². The Kier molecular flexibility index (Phi) is 4.27. The molecule has 158 valence electrons. The highest BCUT2D eigenvalue weighted by Crippen LogP contribution is 2.53. The molecule has 0 unspecified atom stereocenters. The number of nitrogens with zero attached hydrogens (tertiary/aromatic N) is 5. The van der Waals surface area contributed by atoms with E-state index in [9.17, 15) is 18.4 Å². The number of alkyl halides is 2. The molecule has 11 heteroatoms. The van der Waals surface area contributed by atoms with Crippen molar-refractivity contribution >= 4 is 17.6 Å². The molecule has 2 amide bonds. The Bertz CT molecular complexity index is 1170. The lowest BCUT2D eigenvalue weighted by molar-refractivity contribution is -0.120. The van der Waals surface area contributed by atoms with Crippen LogP contribution in [-0.2, 0) is 10.7 Å². The number of aromatic nitrogens is 4. The number of hydrogen-bond acceptors (Lipinski definition) is 7. The maximum absolute atomic E-state index is 14.6. The molecular weight excluding hydrogens is 410 g/mol. The van der Waals surface area contributed by atoms with Gasteiger partial charge in [-0.1, -0.05) is 30.3 Å². The van der Waals surface area contributed by atoms with Crippen LogP contribution in [0.1, 0.15) is 40.2 Å². The lowest BCUT2D eigenvalue weighted by Crippen LogP contribution is -2.48. The van der Waals surface area contributed by atoms with Gasteiger partial charge in [0.1, 0.15) is 6.04 Å². The second-order valence-corrected chi connectivity index (χ2v) is 7.47. The van der Waals surface area contributed by atoms with Gasteiger partial charge in [0, 0.05) is 30.9 Å². The number of nitrogens with one attached hydrogen (secondary N) is 1. The Morgan fingerprint density at radius 2 is 1.94 bits per heavy atom. The van der Waals surface area contributed by atoms with Crippen molar-refractivity contribution in [1.29, 1.82) is 0 Å². The van der Waals surface area contributed by atoms with Gasteiger partial charge >= 0.3 is 17.7 Å². The standard InChI is InChI=1S/C20H16F2N6O3/c1-28-15-13(23-7-8-24-15)11-9-12(11)14(18(28)30)25-16(29)17-26-27-19(31-17)20(21,22)10-5-3-2-4-6-10/h2-8,11-12,14H,9H2,1H3,(H,25,29)/t11-,12+,14+/m1/s1. The minimum Gasteiger partial charge on any atom is -0.411 e. The molecule has 0 bridgehead atoms. The number of amides is 2. The summed E-state index contributed by atoms with van der Waals surface area (Å²) >= 11 is 0. The van der Waals surface area contributed by atoms with Gasteiger partial charge < -0.3 is 9.73 Å². The molecule has 3 heterocycles. The zero-order valence-corrected chi connectivity index (χ0v) is 16.2. The van der Waals surface area contributed by atoms with E-state index in [4.69, 9.17) is 4.42 Å². The first-order valence-corrected chi connectivity index (χ1v) is 9.54. The molecule has 3 atom stereocenters. The van der Waals surface area contributed by atoms with Crippen molar-refractivity contribution in [3.05, 3.63) is 65.8 Å². The van der Waals surface area contributed by atoms with E-state index in [-0.39, 0.29) is 23.3 Å². The number of carbonyl (C=O) groups is 2. The molecule has 1 aliphatic carbocycles. The summed E-state index contributed by atoms with van der Waals surface area (Å²) in [4.78, 5) is 35.4. The fourth-order valence-electron chi connectivity index (χ4n) is 3.84. The second-order valence-electron chi connectivity index (χ2n) is 7.47. The summed E-state index contributed by atoms with van der Waals surface area (Å²) in [6.45, 7) is 0. The normalized spacial score (nSPS) is 22.4. The lowest BCUT2D eigenvalue weighted by Gasteiger charge is -2.21. The molecule has 1 aromatic carbocycles. The molecule has 0 radical (unpaired) electrons. The third kappa shape index (κ3) is 3.13. The predicted molar refractivity (Wildman–Crippen MR) is 101 cm³/mol. The van der Waals surface area contributed by atoms with Crippen LogP contribution in [0.15, 0.2) is 47.1 Å². The van der Waals surface area contributed by atoms with Gasteiger partial charge in [0.2, 0.25) is 0 Å². The summed E-state index contributed by atoms with van der Waals surface area (Å²) in [6.07, 6.45) is 3.70. The summed E-state index contributed by atoms with van der Waals surface area (Å²) in [6, 6.07) is 6.06. The highest BCUT2D eigenvalue weighted by Gasteiger charge is 2.53. The third-order valence-electron chi connectivity index (χ3n) is 5.55. The van der Waals surface area contributed by atoms with Gasteiger partial charge in [-0.25, -0.2) is 4.98 Å². The molecule has 3 aromatic rings. The summed E-state index contributed by atoms with van der Waals surface area (Å²) in [5.74, 6) is -6.24. The first-order valence-electron chi connectivity index (χ1n) is 9.54. The zero-order chi connectivity index (χ0) is 21.8. The molecule has 2 aromatic heterocycles. The number of hydrogen-bond donors (Lipinski definition) is 1. The molecule has 0 saturated heterocycles. The second kappa shape index (κ2) is 6.89. The molecule has 1 N–H and O–H groups in total. The smallest absolute Gasteiger partial charge is 0.349 e. The van der Waals surface area contributed by atoms with Crippen LogP contribution >= 0.6 is 0 Å². The van der Waals surface area contributed by atoms with E-state index in [0.29, 0.717) is 17.9 Å². The molecule has 1 fully saturated rings. The van der Waals surface area contributed by atoms with Gasteiger partial charge in [0.05, 0.1) is 5.69 Å². The first kappa shape index (κ1) is 19.2. The van der Waals surface area contributed by atoms with Crippen molar-refractivity contribution in [3.63, 3.8) is 0 Å². The van der Waals surface area contributed by atoms with Crippen molar-refractivity contribution < 1.29 is 22.8 Å². The van der Waals surface area contributed by atoms with Crippen molar-refractivity contribution in [2.75, 3.05) is 11.9 Å². The molecule has 2 aliphatic rings. The van der Waals surface area contributed by atoms with Gasteiger partial charge in [0.15, 0.2) is 5.82 Å². The molecule has 1 saturated carbocycles. The van der Waals surface area contributed by atoms with E-state index in [1.807, 2.05) is 0 Å². The average Bonchev–Trinajstić information content (AvgIpc) is 3.42. The van der Waals surface area contributed by atoms with E-state index < -0.39 is 29.7 Å². The Labute approximate surface area is 174 Å². The summed E-state index contributed by atoms with van der Waals surface area (Å²) in [5, 5.41) is 9.37. The van der Waals surface area contributed by atoms with Crippen molar-refractivity contribution in [3.8, 4) is 0 Å². The van der Waals surface area contributed by atoms with Crippen molar-refractivity contribution in [2.45, 2.75) is 24.3 Å². The van der Waals surface area contributed by atoms with Crippen LogP contribution < -0.4 is 10.2 Å². The number of likely N-dealkylation sites (N-methyl/N-ethyl adjacent to an activating group) is 1. The van der Waals surface area contributed by atoms with E-state index in [1.165, 1.54) is 35.4 Å². The van der Waals surface area contributed by atoms with Crippen LogP contribution in [0.5, 0.6) is 0 Å². The van der Waals surface area contributed by atoms with Crippen LogP contribution in [0, 0.1) is 5.92 Å². The van der Waals surface area contributed by atoms with E-state index >= 15 is 0 Å². The number of fused-ring (bicyclic) bond motifs is 3. The Morgan fingerprint density at radius 3 is 2.71 bits per heavy atom. The van der Waals surface area contributed by atoms with Gasteiger partial charge in [-0.3, -0.25) is 19.5 Å². The summed E-state index contributed by atoms with van der Waals surface area (Å²) in [5.41, 5.74) is 0.354. The van der Waals surface area contributed by atoms with Crippen LogP contribution in [0.25, 0.3) is 0 Å². The van der Waals surface area contributed by atoms with Crippen LogP contribution in [0.4, 0.5) is 14.6 Å². The SMILES string of the molecule is CN1C(=O)[C@@H](NC(=O)c2nnc(C(F)(F)c3ccccc3)o2)[C@H]2C[C@H]2c2nccnc21. The van der Waals surface area contributed by atoms with Gasteiger partial charge in [-0.2, -0.15) is 8.78 Å². The quantitative estimate of drug-likeness (QED) is 0.677. The highest BCUT2D eigenvalue weighted by molar-refractivity contribution is 6.02. The average molecular weight is 426 g/mol. The fraction of sp³-hybridized carbons (Fsp3) is 0.300. The fourth-order valence-corrected chi connectivity index (χ4v) is 3.84. The van der Waals surface area contributed by atoms with Crippen LogP contribution in [0.2, 0.25) is 0 Å². The maximum Gasteiger partial charge on any atom is 0.349 e. The Balaban J connectivity index is 1.37. The van der Waals surface area contributed by atoms with Crippen LogP contribution in [0.3, 0.4) is 0 Å². The molecule has 9 nitrogen and oxygen atoms in total. The van der Waals surface area contributed by atoms with E-state index in [0.717, 1.165) is 0 Å². The number of carbonyl (C=O) groups excluding carboxylic acids is 2. The zero-order valence-electron chi connectivity index (χ0n) is 16.2. The van der Waals surface area contributed by atoms with Gasteiger partial charge in [-0.15, -0.1) is 10.2 Å². The Hall–Kier alpha value is -3.76. The third-order valence-corrected chi connectivity index (χ3v) is 5.55. The van der Waals surface area contributed by atoms with Gasteiger partial charge in [-0.05, 0) is 12.3 Å². The number of anilines is 1. The Morgan fingerprint density at radius 1 is 1.19 bits per heavy atom. The summed E-state index contributed by atoms with van der Waals surface area (Å²) in [7, 11) is 1.55. The monoisotopic (exact) mass is 426 g/mol. The highest BCUT2D eigenvalue weighted by atomic mass is 19.3. The van der Waals surface area contributed by atoms with Crippen molar-refractivity contribution in [1.82, 2.24) is 25.5 Å². The lowest BCUT2D eigenvalue weighted by atomic mass is 10.1. The number of rotatable bonds is 4. The minimum absolute atomic E-state index is 0.0245. The predicted octanol–water partition coefficient (Wildman–Crippen LogP) is 1.88.